The van der Waals surface area contributed by atoms with Crippen LogP contribution in [0.4, 0.5) is 0 Å². The van der Waals surface area contributed by atoms with Crippen molar-refractivity contribution in [2.45, 2.75) is 25.8 Å². The number of carbonyl (C=O) groups is 1. The number of amides is 1. The van der Waals surface area contributed by atoms with Crippen molar-refractivity contribution in [3.05, 3.63) is 34.3 Å². The first-order valence-corrected chi connectivity index (χ1v) is 8.36. The highest BCUT2D eigenvalue weighted by molar-refractivity contribution is 9.10. The first-order valence-electron chi connectivity index (χ1n) is 7.56. The van der Waals surface area contributed by atoms with E-state index in [1.165, 1.54) is 0 Å². The third-order valence-corrected chi connectivity index (χ3v) is 4.00. The van der Waals surface area contributed by atoms with Crippen LogP contribution in [0, 0.1) is 0 Å². The fourth-order valence-corrected chi connectivity index (χ4v) is 2.44. The van der Waals surface area contributed by atoms with Crippen molar-refractivity contribution < 1.29 is 14.3 Å². The van der Waals surface area contributed by atoms with Crippen LogP contribution in [0.1, 0.15) is 25.3 Å². The summed E-state index contributed by atoms with van der Waals surface area (Å²) >= 11 is 3.45. The number of nitrogens with zero attached hydrogens (tertiary/aromatic N) is 1. The number of carbonyl (C=O) groups excluding carboxylic acids is 1. The van der Waals surface area contributed by atoms with Crippen molar-refractivity contribution in [2.75, 3.05) is 26.9 Å². The molecular weight excluding hydrogens is 346 g/mol. The second kappa shape index (κ2) is 8.34. The first-order chi connectivity index (χ1) is 10.6. The molecule has 0 aromatic heterocycles. The first kappa shape index (κ1) is 17.0. The van der Waals surface area contributed by atoms with Gasteiger partial charge in [-0.05, 0) is 44.0 Å². The smallest absolute Gasteiger partial charge is 0.246 e. The molecule has 1 aliphatic rings. The summed E-state index contributed by atoms with van der Waals surface area (Å²) in [6, 6.07) is 6.18. The second-order valence-electron chi connectivity index (χ2n) is 5.24. The minimum absolute atomic E-state index is 0.0303. The monoisotopic (exact) mass is 367 g/mol. The van der Waals surface area contributed by atoms with Crippen LogP contribution >= 0.6 is 15.9 Å². The Morgan fingerprint density at radius 3 is 2.86 bits per heavy atom. The molecule has 120 valence electrons. The van der Waals surface area contributed by atoms with Gasteiger partial charge < -0.3 is 14.4 Å². The lowest BCUT2D eigenvalue weighted by Gasteiger charge is -2.13. The molecule has 4 nitrogen and oxygen atoms in total. The largest absolute Gasteiger partial charge is 0.491 e. The topological polar surface area (TPSA) is 38.8 Å². The van der Waals surface area contributed by atoms with Crippen molar-refractivity contribution in [1.29, 1.82) is 0 Å². The number of ether oxygens (including phenoxy) is 2. The van der Waals surface area contributed by atoms with E-state index in [1.54, 1.807) is 11.0 Å². The molecule has 0 atom stereocenters. The summed E-state index contributed by atoms with van der Waals surface area (Å²) in [6.07, 6.45) is 5.63. The Hall–Kier alpha value is -1.33. The third kappa shape index (κ3) is 5.14. The fraction of sp³-hybridized carbons (Fsp3) is 0.471. The Balaban J connectivity index is 2.01. The van der Waals surface area contributed by atoms with Crippen LogP contribution < -0.4 is 4.74 Å². The normalized spacial score (nSPS) is 14.3. The number of likely N-dealkylation sites (N-methyl/N-ethyl adjacent to an activating group) is 1. The Kier molecular flexibility index (Phi) is 6.46. The van der Waals surface area contributed by atoms with E-state index in [4.69, 9.17) is 9.47 Å². The molecule has 0 heterocycles. The van der Waals surface area contributed by atoms with E-state index in [9.17, 15) is 4.79 Å². The Labute approximate surface area is 140 Å². The van der Waals surface area contributed by atoms with E-state index in [1.807, 2.05) is 38.2 Å². The molecule has 0 saturated heterocycles. The highest BCUT2D eigenvalue weighted by Gasteiger charge is 2.28. The maximum absolute atomic E-state index is 12.1. The average molecular weight is 368 g/mol. The molecule has 1 amide bonds. The van der Waals surface area contributed by atoms with E-state index >= 15 is 0 Å². The summed E-state index contributed by atoms with van der Waals surface area (Å²) in [5.74, 6) is 0.781. The van der Waals surface area contributed by atoms with Crippen LogP contribution in [-0.2, 0) is 9.53 Å². The third-order valence-electron chi connectivity index (χ3n) is 3.51. The number of hydrogen-bond donors (Lipinski definition) is 0. The van der Waals surface area contributed by atoms with Crippen molar-refractivity contribution in [2.24, 2.45) is 0 Å². The summed E-state index contributed by atoms with van der Waals surface area (Å²) in [5.41, 5.74) is 0.878. The van der Waals surface area contributed by atoms with Crippen molar-refractivity contribution >= 4 is 27.9 Å². The van der Waals surface area contributed by atoms with Crippen molar-refractivity contribution in [3.63, 3.8) is 0 Å². The minimum atomic E-state index is 0.0303. The van der Waals surface area contributed by atoms with Gasteiger partial charge in [-0.2, -0.15) is 0 Å². The predicted molar refractivity (Wildman–Crippen MR) is 91.0 cm³/mol. The maximum atomic E-state index is 12.1. The highest BCUT2D eigenvalue weighted by atomic mass is 79.9. The summed E-state index contributed by atoms with van der Waals surface area (Å²) in [4.78, 5) is 13.9. The van der Waals surface area contributed by atoms with Gasteiger partial charge in [0, 0.05) is 35.8 Å². The van der Waals surface area contributed by atoms with E-state index in [2.05, 4.69) is 15.9 Å². The zero-order valence-electron chi connectivity index (χ0n) is 13.0. The lowest BCUT2D eigenvalue weighted by molar-refractivity contribution is -0.125. The number of halogens is 1. The maximum Gasteiger partial charge on any atom is 0.246 e. The van der Waals surface area contributed by atoms with Crippen molar-refractivity contribution in [3.8, 4) is 5.75 Å². The summed E-state index contributed by atoms with van der Waals surface area (Å²) in [6.45, 7) is 3.68. The molecule has 1 aromatic carbocycles. The predicted octanol–water partition coefficient (Wildman–Crippen LogP) is 3.50. The SMILES string of the molecule is CCOCCOc1ccc(Br)cc1/C=C/C(=O)N(C)C1CC1. The standard InChI is InChI=1S/C17H22BrNO3/c1-3-21-10-11-22-16-8-5-14(18)12-13(16)4-9-17(20)19(2)15-6-7-15/h4-5,8-9,12,15H,3,6-7,10-11H2,1-2H3/b9-4+. The van der Waals surface area contributed by atoms with E-state index < -0.39 is 0 Å². The van der Waals surface area contributed by atoms with Gasteiger partial charge in [0.15, 0.2) is 0 Å². The summed E-state index contributed by atoms with van der Waals surface area (Å²) in [5, 5.41) is 0. The van der Waals surface area contributed by atoms with Crippen molar-refractivity contribution in [1.82, 2.24) is 4.90 Å². The van der Waals surface area contributed by atoms with Gasteiger partial charge in [-0.25, -0.2) is 0 Å². The van der Waals surface area contributed by atoms with E-state index in [-0.39, 0.29) is 5.91 Å². The molecule has 0 bridgehead atoms. The van der Waals surface area contributed by atoms with Gasteiger partial charge in [0.05, 0.1) is 6.61 Å². The Bertz CT molecular complexity index is 541. The lowest BCUT2D eigenvalue weighted by Crippen LogP contribution is -2.26. The molecule has 1 aliphatic carbocycles. The van der Waals surface area contributed by atoms with Crippen LogP contribution in [0.2, 0.25) is 0 Å². The van der Waals surface area contributed by atoms with Gasteiger partial charge in [0.25, 0.3) is 0 Å². The van der Waals surface area contributed by atoms with Crippen LogP contribution in [0.3, 0.4) is 0 Å². The van der Waals surface area contributed by atoms with Gasteiger partial charge in [0.1, 0.15) is 12.4 Å². The molecular formula is C17H22BrNO3. The van der Waals surface area contributed by atoms with Gasteiger partial charge in [0.2, 0.25) is 5.91 Å². The molecule has 0 spiro atoms. The molecule has 0 radical (unpaired) electrons. The minimum Gasteiger partial charge on any atom is -0.491 e. The molecule has 5 heteroatoms. The van der Waals surface area contributed by atoms with Gasteiger partial charge >= 0.3 is 0 Å². The van der Waals surface area contributed by atoms with Crippen LogP contribution in [0.15, 0.2) is 28.7 Å². The molecule has 22 heavy (non-hydrogen) atoms. The Morgan fingerprint density at radius 2 is 2.18 bits per heavy atom. The number of benzene rings is 1. The zero-order valence-corrected chi connectivity index (χ0v) is 14.6. The van der Waals surface area contributed by atoms with Gasteiger partial charge in [-0.3, -0.25) is 4.79 Å². The zero-order chi connectivity index (χ0) is 15.9. The molecule has 0 N–H and O–H groups in total. The van der Waals surface area contributed by atoms with E-state index in [0.717, 1.165) is 28.6 Å². The summed E-state index contributed by atoms with van der Waals surface area (Å²) in [7, 11) is 1.85. The van der Waals surface area contributed by atoms with Crippen LogP contribution in [0.25, 0.3) is 6.08 Å². The lowest BCUT2D eigenvalue weighted by atomic mass is 10.2. The van der Waals surface area contributed by atoms with Gasteiger partial charge in [-0.15, -0.1) is 0 Å². The summed E-state index contributed by atoms with van der Waals surface area (Å²) < 4.78 is 11.9. The van der Waals surface area contributed by atoms with Gasteiger partial charge in [-0.1, -0.05) is 15.9 Å². The fourth-order valence-electron chi connectivity index (χ4n) is 2.06. The Morgan fingerprint density at radius 1 is 1.41 bits per heavy atom. The highest BCUT2D eigenvalue weighted by Crippen LogP contribution is 2.27. The quantitative estimate of drug-likeness (QED) is 0.521. The average Bonchev–Trinajstić information content (AvgIpc) is 3.34. The molecule has 1 fully saturated rings. The second-order valence-corrected chi connectivity index (χ2v) is 6.16. The molecule has 2 rings (SSSR count). The number of hydrogen-bond acceptors (Lipinski definition) is 3. The van der Waals surface area contributed by atoms with E-state index in [0.29, 0.717) is 25.9 Å². The molecule has 0 aliphatic heterocycles. The molecule has 0 unspecified atom stereocenters. The molecule has 1 saturated carbocycles. The van der Waals surface area contributed by atoms with Crippen LogP contribution in [0.5, 0.6) is 5.75 Å². The molecule has 1 aromatic rings. The number of rotatable bonds is 8. The van der Waals surface area contributed by atoms with Crippen LogP contribution in [-0.4, -0.2) is 43.7 Å².